The molecule has 1 aromatic rings. The summed E-state index contributed by atoms with van der Waals surface area (Å²) in [6.45, 7) is 10.8. The number of hydrogen-bond donors (Lipinski definition) is 2. The Bertz CT molecular complexity index is 1060. The van der Waals surface area contributed by atoms with Gasteiger partial charge in [-0.3, -0.25) is 9.69 Å². The standard InChI is InChI=1S/C26H39N7O2S.C2H6/c1-18-5-4-6-21(18)33-22-20(26(10-11-26)23(33)34)15-27-24(30-22)29-19-7-13-31(14-8-19)36(35)32-16-25(17-32)9-2-3-12-28-25;1-2/h15,18-19,21,28H,2-14,16-17H2,1H3,(H,27,29,30);1-2H3. The van der Waals surface area contributed by atoms with Crippen LogP contribution in [0.1, 0.15) is 90.5 Å². The van der Waals surface area contributed by atoms with E-state index >= 15 is 0 Å². The van der Waals surface area contributed by atoms with E-state index in [9.17, 15) is 9.00 Å². The number of anilines is 2. The fraction of sp³-hybridized carbons (Fsp3) is 0.821. The molecule has 38 heavy (non-hydrogen) atoms. The van der Waals surface area contributed by atoms with Gasteiger partial charge in [-0.05, 0) is 63.8 Å². The van der Waals surface area contributed by atoms with Gasteiger partial charge < -0.3 is 10.6 Å². The van der Waals surface area contributed by atoms with Crippen molar-refractivity contribution in [3.05, 3.63) is 11.8 Å². The number of rotatable bonds is 5. The highest BCUT2D eigenvalue weighted by Gasteiger charge is 2.62. The third-order valence-corrected chi connectivity index (χ3v) is 11.3. The molecule has 3 atom stereocenters. The summed E-state index contributed by atoms with van der Waals surface area (Å²) >= 11 is -1.05. The van der Waals surface area contributed by atoms with E-state index in [2.05, 4.69) is 31.2 Å². The van der Waals surface area contributed by atoms with Gasteiger partial charge >= 0.3 is 0 Å². The molecule has 6 aliphatic rings. The lowest BCUT2D eigenvalue weighted by Crippen LogP contribution is -2.71. The quantitative estimate of drug-likeness (QED) is 0.592. The lowest BCUT2D eigenvalue weighted by molar-refractivity contribution is -0.120. The number of amides is 1. The summed E-state index contributed by atoms with van der Waals surface area (Å²) in [5, 5.41) is 7.21. The van der Waals surface area contributed by atoms with Crippen molar-refractivity contribution in [1.29, 1.82) is 0 Å². The predicted molar refractivity (Wildman–Crippen MR) is 151 cm³/mol. The second-order valence-electron chi connectivity index (χ2n) is 12.2. The first-order valence-electron chi connectivity index (χ1n) is 15.1. The molecular weight excluding hydrogens is 498 g/mol. The van der Waals surface area contributed by atoms with Crippen LogP contribution in [-0.4, -0.2) is 79.0 Å². The number of piperidine rings is 2. The van der Waals surface area contributed by atoms with Crippen molar-refractivity contribution in [2.75, 3.05) is 42.9 Å². The molecule has 2 spiro atoms. The van der Waals surface area contributed by atoms with Gasteiger partial charge in [-0.15, -0.1) is 0 Å². The SMILES string of the molecule is CC.CC1CCCC1N1C(=O)C2(CC2)c2cnc(NC3CCN(S(=O)N4CC5(CCCCN5)C4)CC3)nc21. The smallest absolute Gasteiger partial charge is 0.239 e. The van der Waals surface area contributed by atoms with E-state index in [1.54, 1.807) is 0 Å². The Hall–Kier alpha value is -1.62. The maximum Gasteiger partial charge on any atom is 0.239 e. The Labute approximate surface area is 230 Å². The minimum absolute atomic E-state index is 0.212. The van der Waals surface area contributed by atoms with E-state index in [-0.39, 0.29) is 28.9 Å². The molecule has 4 aliphatic heterocycles. The molecule has 1 aromatic heterocycles. The van der Waals surface area contributed by atoms with Crippen LogP contribution in [0.4, 0.5) is 11.8 Å². The van der Waals surface area contributed by atoms with Crippen molar-refractivity contribution in [2.45, 2.75) is 108 Å². The van der Waals surface area contributed by atoms with Gasteiger partial charge in [0.05, 0.1) is 5.41 Å². The highest BCUT2D eigenvalue weighted by atomic mass is 32.2. The van der Waals surface area contributed by atoms with Crippen molar-refractivity contribution >= 4 is 28.8 Å². The number of nitrogens with one attached hydrogen (secondary N) is 2. The topological polar surface area (TPSA) is 93.7 Å². The van der Waals surface area contributed by atoms with Gasteiger partial charge in [0.1, 0.15) is 5.82 Å². The number of carbonyl (C=O) groups excluding carboxylic acids is 1. The van der Waals surface area contributed by atoms with Crippen molar-refractivity contribution in [3.8, 4) is 0 Å². The molecular formula is C28H45N7O2S. The fourth-order valence-corrected chi connectivity index (χ4v) is 8.94. The van der Waals surface area contributed by atoms with E-state index < -0.39 is 11.2 Å². The number of nitrogens with zero attached hydrogens (tertiary/aromatic N) is 5. The maximum atomic E-state index is 13.5. The summed E-state index contributed by atoms with van der Waals surface area (Å²) < 4.78 is 17.4. The Morgan fingerprint density at radius 3 is 2.42 bits per heavy atom. The Balaban J connectivity index is 0.00000129. The predicted octanol–water partition coefficient (Wildman–Crippen LogP) is 3.35. The normalized spacial score (nSPS) is 31.0. The summed E-state index contributed by atoms with van der Waals surface area (Å²) in [5.41, 5.74) is 0.916. The Morgan fingerprint density at radius 2 is 1.79 bits per heavy atom. The first-order valence-corrected chi connectivity index (χ1v) is 16.2. The molecule has 9 nitrogen and oxygen atoms in total. The Kier molecular flexibility index (Phi) is 7.29. The van der Waals surface area contributed by atoms with Crippen LogP contribution in [0, 0.1) is 5.92 Å². The van der Waals surface area contributed by atoms with Crippen LogP contribution in [0.5, 0.6) is 0 Å². The Morgan fingerprint density at radius 1 is 1.03 bits per heavy atom. The summed E-state index contributed by atoms with van der Waals surface area (Å²) in [5.74, 6) is 2.26. The second kappa shape index (κ2) is 10.4. The van der Waals surface area contributed by atoms with Gasteiger partial charge in [0, 0.05) is 55.6 Å². The molecule has 10 heteroatoms. The van der Waals surface area contributed by atoms with Crippen molar-refractivity contribution in [1.82, 2.24) is 23.9 Å². The zero-order chi connectivity index (χ0) is 26.5. The number of fused-ring (bicyclic) bond motifs is 2. The molecule has 2 saturated carbocycles. The molecule has 0 bridgehead atoms. The lowest BCUT2D eigenvalue weighted by atomic mass is 9.84. The van der Waals surface area contributed by atoms with Gasteiger partial charge in [-0.25, -0.2) is 17.8 Å². The molecule has 2 aliphatic carbocycles. The van der Waals surface area contributed by atoms with E-state index in [0.29, 0.717) is 11.9 Å². The average Bonchev–Trinajstić information content (AvgIpc) is 3.58. The molecule has 210 valence electrons. The molecule has 5 heterocycles. The molecule has 0 aromatic carbocycles. The zero-order valence-corrected chi connectivity index (χ0v) is 24.2. The summed E-state index contributed by atoms with van der Waals surface area (Å²) in [7, 11) is 0. The first-order chi connectivity index (χ1) is 18.5. The van der Waals surface area contributed by atoms with Crippen LogP contribution < -0.4 is 15.5 Å². The van der Waals surface area contributed by atoms with Crippen molar-refractivity contribution < 1.29 is 9.00 Å². The number of hydrogen-bond acceptors (Lipinski definition) is 6. The van der Waals surface area contributed by atoms with E-state index in [4.69, 9.17) is 4.98 Å². The largest absolute Gasteiger partial charge is 0.351 e. The van der Waals surface area contributed by atoms with Gasteiger partial charge in [0.2, 0.25) is 11.9 Å². The van der Waals surface area contributed by atoms with Crippen molar-refractivity contribution in [2.24, 2.45) is 5.92 Å². The average molecular weight is 544 g/mol. The molecule has 3 unspecified atom stereocenters. The number of aromatic nitrogens is 2. The van der Waals surface area contributed by atoms with Gasteiger partial charge in [-0.1, -0.05) is 33.6 Å². The molecule has 7 rings (SSSR count). The zero-order valence-electron chi connectivity index (χ0n) is 23.4. The summed E-state index contributed by atoms with van der Waals surface area (Å²) in [6.07, 6.45) is 12.8. The number of carbonyl (C=O) groups is 1. The second-order valence-corrected chi connectivity index (χ2v) is 13.7. The van der Waals surface area contributed by atoms with Crippen LogP contribution in [0.2, 0.25) is 0 Å². The third kappa shape index (κ3) is 4.49. The molecule has 5 fully saturated rings. The monoisotopic (exact) mass is 543 g/mol. The third-order valence-electron chi connectivity index (χ3n) is 9.81. The summed E-state index contributed by atoms with van der Waals surface area (Å²) in [4.78, 5) is 25.1. The van der Waals surface area contributed by atoms with Crippen molar-refractivity contribution in [3.63, 3.8) is 0 Å². The first kappa shape index (κ1) is 26.6. The molecule has 1 amide bonds. The van der Waals surface area contributed by atoms with Crippen LogP contribution in [-0.2, 0) is 21.4 Å². The molecule has 2 N–H and O–H groups in total. The van der Waals surface area contributed by atoms with Crippen LogP contribution in [0.15, 0.2) is 6.20 Å². The van der Waals surface area contributed by atoms with Crippen LogP contribution in [0.3, 0.4) is 0 Å². The molecule has 0 radical (unpaired) electrons. The maximum absolute atomic E-state index is 13.5. The van der Waals surface area contributed by atoms with Gasteiger partial charge in [-0.2, -0.15) is 4.98 Å². The fourth-order valence-electron chi connectivity index (χ4n) is 7.37. The lowest BCUT2D eigenvalue weighted by Gasteiger charge is -2.52. The van der Waals surface area contributed by atoms with Crippen LogP contribution >= 0.6 is 0 Å². The van der Waals surface area contributed by atoms with E-state index in [1.807, 2.05) is 24.9 Å². The summed E-state index contributed by atoms with van der Waals surface area (Å²) in [6, 6.07) is 0.520. The highest BCUT2D eigenvalue weighted by Crippen LogP contribution is 2.58. The minimum atomic E-state index is -1.05. The van der Waals surface area contributed by atoms with E-state index in [1.165, 1.54) is 32.1 Å². The van der Waals surface area contributed by atoms with E-state index in [0.717, 1.165) is 76.2 Å². The molecule has 3 saturated heterocycles. The van der Waals surface area contributed by atoms with Gasteiger partial charge in [0.15, 0.2) is 11.2 Å². The minimum Gasteiger partial charge on any atom is -0.351 e. The highest BCUT2D eigenvalue weighted by molar-refractivity contribution is 7.80. The van der Waals surface area contributed by atoms with Crippen LogP contribution in [0.25, 0.3) is 0 Å². The van der Waals surface area contributed by atoms with Gasteiger partial charge in [0.25, 0.3) is 0 Å².